The fourth-order valence-corrected chi connectivity index (χ4v) is 3.34. The fraction of sp³-hybridized carbons (Fsp3) is 0.300. The summed E-state index contributed by atoms with van der Waals surface area (Å²) in [5.41, 5.74) is 3.91. The predicted molar refractivity (Wildman–Crippen MR) is 88.0 cm³/mol. The molecule has 0 saturated carbocycles. The molecule has 1 heterocycles. The summed E-state index contributed by atoms with van der Waals surface area (Å²) < 4.78 is 6.07. The van der Waals surface area contributed by atoms with Crippen molar-refractivity contribution in [1.29, 1.82) is 0 Å². The van der Waals surface area contributed by atoms with Crippen LogP contribution in [0.4, 0.5) is 0 Å². The second-order valence-corrected chi connectivity index (χ2v) is 6.19. The summed E-state index contributed by atoms with van der Waals surface area (Å²) in [5.74, 6) is 1.43. The molecule has 1 unspecified atom stereocenters. The number of rotatable bonds is 3. The predicted octanol–water partition coefficient (Wildman–Crippen LogP) is 5.01. The van der Waals surface area contributed by atoms with E-state index in [1.165, 1.54) is 16.7 Å². The maximum atomic E-state index is 6.07. The molecule has 1 nitrogen and oxygen atoms in total. The Kier molecular flexibility index (Phi) is 3.59. The zero-order valence-corrected chi connectivity index (χ0v) is 12.8. The lowest BCUT2D eigenvalue weighted by atomic mass is 9.66. The Morgan fingerprint density at radius 2 is 1.90 bits per heavy atom. The van der Waals surface area contributed by atoms with Crippen LogP contribution in [0.2, 0.25) is 0 Å². The molecule has 0 fully saturated rings. The van der Waals surface area contributed by atoms with Gasteiger partial charge in [0.05, 0.1) is 6.61 Å². The van der Waals surface area contributed by atoms with Gasteiger partial charge in [0.25, 0.3) is 0 Å². The molecule has 2 aromatic carbocycles. The molecule has 0 bridgehead atoms. The number of benzene rings is 2. The minimum absolute atomic E-state index is 0.0176. The average Bonchev–Trinajstić information content (AvgIpc) is 2.51. The smallest absolute Gasteiger partial charge is 0.122 e. The summed E-state index contributed by atoms with van der Waals surface area (Å²) >= 11 is 0. The van der Waals surface area contributed by atoms with Crippen molar-refractivity contribution in [3.63, 3.8) is 0 Å². The van der Waals surface area contributed by atoms with E-state index < -0.39 is 0 Å². The molecule has 0 aliphatic carbocycles. The zero-order chi connectivity index (χ0) is 14.9. The van der Waals surface area contributed by atoms with Crippen LogP contribution >= 0.6 is 0 Å². The first kappa shape index (κ1) is 13.9. The van der Waals surface area contributed by atoms with Gasteiger partial charge in [-0.05, 0) is 30.5 Å². The van der Waals surface area contributed by atoms with Crippen LogP contribution in [0.1, 0.15) is 36.0 Å². The second kappa shape index (κ2) is 5.40. The van der Waals surface area contributed by atoms with Crippen LogP contribution < -0.4 is 4.74 Å². The average molecular weight is 278 g/mol. The molecule has 1 heteroatoms. The van der Waals surface area contributed by atoms with Crippen LogP contribution in [0.25, 0.3) is 0 Å². The molecule has 21 heavy (non-hydrogen) atoms. The molecule has 0 saturated heterocycles. The van der Waals surface area contributed by atoms with E-state index in [2.05, 4.69) is 62.9 Å². The SMILES string of the molecule is C=CCC1c2ccccc2OC[C@]1(C)c1ccc(C)cc1. The lowest BCUT2D eigenvalue weighted by molar-refractivity contribution is 0.169. The molecule has 0 spiro atoms. The highest BCUT2D eigenvalue weighted by Gasteiger charge is 2.41. The van der Waals surface area contributed by atoms with Gasteiger partial charge in [0.2, 0.25) is 0 Å². The Hall–Kier alpha value is -2.02. The first-order valence-corrected chi connectivity index (χ1v) is 7.55. The van der Waals surface area contributed by atoms with Gasteiger partial charge in [-0.25, -0.2) is 0 Å². The van der Waals surface area contributed by atoms with Gasteiger partial charge in [-0.15, -0.1) is 6.58 Å². The van der Waals surface area contributed by atoms with Crippen molar-refractivity contribution in [3.05, 3.63) is 77.9 Å². The number of allylic oxidation sites excluding steroid dienone is 1. The van der Waals surface area contributed by atoms with Crippen LogP contribution in [0.3, 0.4) is 0 Å². The van der Waals surface area contributed by atoms with Gasteiger partial charge in [0, 0.05) is 11.3 Å². The van der Waals surface area contributed by atoms with Crippen molar-refractivity contribution in [2.24, 2.45) is 0 Å². The van der Waals surface area contributed by atoms with E-state index >= 15 is 0 Å². The lowest BCUT2D eigenvalue weighted by Crippen LogP contribution is -2.40. The molecule has 1 aliphatic heterocycles. The van der Waals surface area contributed by atoms with E-state index in [1.807, 2.05) is 12.1 Å². The third kappa shape index (κ3) is 2.37. The summed E-state index contributed by atoms with van der Waals surface area (Å²) in [6, 6.07) is 17.2. The minimum atomic E-state index is -0.0176. The molecule has 108 valence electrons. The van der Waals surface area contributed by atoms with Crippen molar-refractivity contribution in [1.82, 2.24) is 0 Å². The van der Waals surface area contributed by atoms with Crippen molar-refractivity contribution < 1.29 is 4.74 Å². The van der Waals surface area contributed by atoms with E-state index in [9.17, 15) is 0 Å². The van der Waals surface area contributed by atoms with E-state index in [0.717, 1.165) is 12.2 Å². The fourth-order valence-electron chi connectivity index (χ4n) is 3.34. The second-order valence-electron chi connectivity index (χ2n) is 6.19. The molecule has 0 aromatic heterocycles. The van der Waals surface area contributed by atoms with Gasteiger partial charge in [-0.1, -0.05) is 61.0 Å². The van der Waals surface area contributed by atoms with Gasteiger partial charge < -0.3 is 4.74 Å². The van der Waals surface area contributed by atoms with Gasteiger partial charge in [-0.3, -0.25) is 0 Å². The van der Waals surface area contributed by atoms with E-state index in [0.29, 0.717) is 12.5 Å². The van der Waals surface area contributed by atoms with Crippen LogP contribution in [-0.2, 0) is 5.41 Å². The summed E-state index contributed by atoms with van der Waals surface area (Å²) in [7, 11) is 0. The number of para-hydroxylation sites is 1. The molecule has 0 amide bonds. The number of ether oxygens (including phenoxy) is 1. The van der Waals surface area contributed by atoms with E-state index in [-0.39, 0.29) is 5.41 Å². The normalized spacial score (nSPS) is 24.0. The highest BCUT2D eigenvalue weighted by Crippen LogP contribution is 2.48. The quantitative estimate of drug-likeness (QED) is 0.717. The van der Waals surface area contributed by atoms with Gasteiger partial charge >= 0.3 is 0 Å². The maximum Gasteiger partial charge on any atom is 0.122 e. The first-order valence-electron chi connectivity index (χ1n) is 7.55. The molecule has 1 aliphatic rings. The molecular formula is C20H22O. The van der Waals surface area contributed by atoms with Crippen LogP contribution in [0, 0.1) is 6.92 Å². The summed E-state index contributed by atoms with van der Waals surface area (Å²) in [5, 5.41) is 0. The molecule has 0 N–H and O–H groups in total. The molecular weight excluding hydrogens is 256 g/mol. The Balaban J connectivity index is 2.09. The standard InChI is InChI=1S/C20H22O/c1-4-7-18-17-8-5-6-9-19(17)21-14-20(18,3)16-12-10-15(2)11-13-16/h4-6,8-13,18H,1,7,14H2,2-3H3/t18?,20-/m1/s1. The Morgan fingerprint density at radius 1 is 1.19 bits per heavy atom. The minimum Gasteiger partial charge on any atom is -0.492 e. The van der Waals surface area contributed by atoms with Crippen molar-refractivity contribution in [3.8, 4) is 5.75 Å². The van der Waals surface area contributed by atoms with Crippen LogP contribution in [0.5, 0.6) is 5.75 Å². The van der Waals surface area contributed by atoms with Crippen LogP contribution in [0.15, 0.2) is 61.2 Å². The molecule has 2 atom stereocenters. The van der Waals surface area contributed by atoms with Gasteiger partial charge in [0.1, 0.15) is 5.75 Å². The third-order valence-corrected chi connectivity index (χ3v) is 4.70. The van der Waals surface area contributed by atoms with Crippen LogP contribution in [-0.4, -0.2) is 6.61 Å². The number of fused-ring (bicyclic) bond motifs is 1. The zero-order valence-electron chi connectivity index (χ0n) is 12.8. The molecule has 3 rings (SSSR count). The van der Waals surface area contributed by atoms with E-state index in [1.54, 1.807) is 0 Å². The monoisotopic (exact) mass is 278 g/mol. The van der Waals surface area contributed by atoms with Gasteiger partial charge in [0.15, 0.2) is 0 Å². The number of hydrogen-bond donors (Lipinski definition) is 0. The first-order chi connectivity index (χ1) is 10.1. The molecule has 2 aromatic rings. The maximum absolute atomic E-state index is 6.07. The highest BCUT2D eigenvalue weighted by atomic mass is 16.5. The Labute approximate surface area is 127 Å². The lowest BCUT2D eigenvalue weighted by Gasteiger charge is -2.42. The summed E-state index contributed by atoms with van der Waals surface area (Å²) in [6.45, 7) is 9.11. The topological polar surface area (TPSA) is 9.23 Å². The van der Waals surface area contributed by atoms with Gasteiger partial charge in [-0.2, -0.15) is 0 Å². The largest absolute Gasteiger partial charge is 0.492 e. The van der Waals surface area contributed by atoms with Crippen molar-refractivity contribution in [2.75, 3.05) is 6.61 Å². The third-order valence-electron chi connectivity index (χ3n) is 4.70. The Morgan fingerprint density at radius 3 is 2.62 bits per heavy atom. The highest BCUT2D eigenvalue weighted by molar-refractivity contribution is 5.45. The summed E-state index contributed by atoms with van der Waals surface area (Å²) in [4.78, 5) is 0. The number of aryl methyl sites for hydroxylation is 1. The van der Waals surface area contributed by atoms with Crippen molar-refractivity contribution in [2.45, 2.75) is 31.6 Å². The van der Waals surface area contributed by atoms with E-state index in [4.69, 9.17) is 4.74 Å². The molecule has 0 radical (unpaired) electrons. The Bertz CT molecular complexity index is 641. The summed E-state index contributed by atoms with van der Waals surface area (Å²) in [6.07, 6.45) is 2.99. The number of hydrogen-bond acceptors (Lipinski definition) is 1. The van der Waals surface area contributed by atoms with Crippen molar-refractivity contribution >= 4 is 0 Å².